The van der Waals surface area contributed by atoms with Crippen LogP contribution in [-0.4, -0.2) is 34.7 Å². The molecular weight excluding hydrogens is 434 g/mol. The second-order valence-corrected chi connectivity index (χ2v) is 7.90. The molecule has 1 aliphatic rings. The summed E-state index contributed by atoms with van der Waals surface area (Å²) in [5.74, 6) is -0.962. The van der Waals surface area contributed by atoms with E-state index in [1.807, 2.05) is 43.3 Å². The van der Waals surface area contributed by atoms with Crippen LogP contribution in [0.25, 0.3) is 0 Å². The molecule has 172 valence electrons. The maximum atomic E-state index is 13.1. The van der Waals surface area contributed by atoms with Gasteiger partial charge < -0.3 is 4.74 Å². The summed E-state index contributed by atoms with van der Waals surface area (Å²) in [6, 6.07) is 21.4. The topological polar surface area (TPSA) is 96.0 Å². The zero-order valence-corrected chi connectivity index (χ0v) is 18.7. The van der Waals surface area contributed by atoms with Crippen molar-refractivity contribution in [1.82, 2.24) is 10.4 Å². The molecule has 0 aliphatic carbocycles. The van der Waals surface area contributed by atoms with Gasteiger partial charge in [-0.25, -0.2) is 9.91 Å². The van der Waals surface area contributed by atoms with Gasteiger partial charge in [0.15, 0.2) is 0 Å². The Labute approximate surface area is 196 Å². The standard InChI is InChI=1S/C26H23N3O5/c1-17-7-6-8-19(15-17)25(32)27-29(18(2)30)23-16-24(31)28(26(23)33)20-11-13-22(14-12-20)34-21-9-4-3-5-10-21/h3-15,23H,16H2,1-2H3,(H,27,32). The van der Waals surface area contributed by atoms with Crippen LogP contribution in [0.5, 0.6) is 11.5 Å². The average molecular weight is 457 g/mol. The van der Waals surface area contributed by atoms with Crippen LogP contribution in [0.3, 0.4) is 0 Å². The Bertz CT molecular complexity index is 1240. The third-order valence-electron chi connectivity index (χ3n) is 5.35. The molecule has 4 rings (SSSR count). The highest BCUT2D eigenvalue weighted by molar-refractivity contribution is 6.23. The van der Waals surface area contributed by atoms with Gasteiger partial charge in [-0.15, -0.1) is 0 Å². The fourth-order valence-electron chi connectivity index (χ4n) is 3.71. The number of amides is 4. The summed E-state index contributed by atoms with van der Waals surface area (Å²) in [6.07, 6.45) is -0.241. The number of anilines is 1. The molecule has 1 unspecified atom stereocenters. The number of carbonyl (C=O) groups is 4. The van der Waals surface area contributed by atoms with Gasteiger partial charge >= 0.3 is 0 Å². The molecule has 0 spiro atoms. The predicted octanol–water partition coefficient (Wildman–Crippen LogP) is 3.61. The molecule has 8 heteroatoms. The molecule has 4 amide bonds. The molecule has 0 aromatic heterocycles. The number of benzene rings is 3. The Balaban J connectivity index is 1.50. The van der Waals surface area contributed by atoms with Crippen LogP contribution in [0.4, 0.5) is 5.69 Å². The molecule has 1 aliphatic heterocycles. The first-order chi connectivity index (χ1) is 16.3. The third-order valence-corrected chi connectivity index (χ3v) is 5.35. The number of hydrogen-bond acceptors (Lipinski definition) is 5. The molecule has 0 saturated carbocycles. The van der Waals surface area contributed by atoms with Crippen molar-refractivity contribution in [3.05, 3.63) is 90.0 Å². The average Bonchev–Trinajstić information content (AvgIpc) is 3.11. The fourth-order valence-corrected chi connectivity index (χ4v) is 3.71. The Hall–Kier alpha value is -4.46. The van der Waals surface area contributed by atoms with Gasteiger partial charge in [-0.05, 0) is 55.5 Å². The molecule has 1 N–H and O–H groups in total. The summed E-state index contributed by atoms with van der Waals surface area (Å²) in [5, 5.41) is 0.928. The van der Waals surface area contributed by atoms with Gasteiger partial charge in [0, 0.05) is 12.5 Å². The monoisotopic (exact) mass is 457 g/mol. The van der Waals surface area contributed by atoms with Gasteiger partial charge in [-0.2, -0.15) is 0 Å². The van der Waals surface area contributed by atoms with Gasteiger partial charge in [0.05, 0.1) is 12.1 Å². The van der Waals surface area contributed by atoms with Gasteiger partial charge in [0.1, 0.15) is 17.5 Å². The van der Waals surface area contributed by atoms with Crippen molar-refractivity contribution in [2.45, 2.75) is 26.3 Å². The molecule has 1 fully saturated rings. The lowest BCUT2D eigenvalue weighted by molar-refractivity contribution is -0.139. The first-order valence-electron chi connectivity index (χ1n) is 10.7. The fraction of sp³-hybridized carbons (Fsp3) is 0.154. The lowest BCUT2D eigenvalue weighted by Crippen LogP contribution is -2.54. The SMILES string of the molecule is CC(=O)N(NC(=O)c1cccc(C)c1)C1CC(=O)N(c2ccc(Oc3ccccc3)cc2)C1=O. The molecule has 0 bridgehead atoms. The van der Waals surface area contributed by atoms with Gasteiger partial charge in [0.2, 0.25) is 11.8 Å². The second kappa shape index (κ2) is 9.58. The van der Waals surface area contributed by atoms with Gasteiger partial charge in [-0.1, -0.05) is 35.9 Å². The molecule has 3 aromatic carbocycles. The van der Waals surface area contributed by atoms with Crippen molar-refractivity contribution in [3.63, 3.8) is 0 Å². The minimum absolute atomic E-state index is 0.241. The summed E-state index contributed by atoms with van der Waals surface area (Å²) in [7, 11) is 0. The first kappa shape index (κ1) is 22.7. The van der Waals surface area contributed by atoms with E-state index in [4.69, 9.17) is 4.74 Å². The molecule has 1 atom stereocenters. The Kier molecular flexibility index (Phi) is 6.40. The van der Waals surface area contributed by atoms with Crippen molar-refractivity contribution < 1.29 is 23.9 Å². The number of imide groups is 1. The van der Waals surface area contributed by atoms with E-state index in [-0.39, 0.29) is 6.42 Å². The quantitative estimate of drug-likeness (QED) is 0.466. The maximum Gasteiger partial charge on any atom is 0.269 e. The normalized spacial score (nSPS) is 15.2. The van der Waals surface area contributed by atoms with Crippen LogP contribution in [0.1, 0.15) is 29.3 Å². The van der Waals surface area contributed by atoms with Crippen LogP contribution in [-0.2, 0) is 14.4 Å². The highest BCUT2D eigenvalue weighted by Gasteiger charge is 2.44. The summed E-state index contributed by atoms with van der Waals surface area (Å²) >= 11 is 0. The minimum Gasteiger partial charge on any atom is -0.457 e. The van der Waals surface area contributed by atoms with E-state index in [9.17, 15) is 19.2 Å². The lowest BCUT2D eigenvalue weighted by Gasteiger charge is -2.26. The summed E-state index contributed by atoms with van der Waals surface area (Å²) in [6.45, 7) is 3.07. The summed E-state index contributed by atoms with van der Waals surface area (Å²) in [5.41, 5.74) is 4.06. The Morgan fingerprint density at radius 2 is 1.62 bits per heavy atom. The van der Waals surface area contributed by atoms with Crippen molar-refractivity contribution in [2.75, 3.05) is 4.90 Å². The van der Waals surface area contributed by atoms with Crippen LogP contribution < -0.4 is 15.1 Å². The third kappa shape index (κ3) is 4.80. The zero-order chi connectivity index (χ0) is 24.2. The maximum absolute atomic E-state index is 13.1. The molecule has 1 saturated heterocycles. The smallest absolute Gasteiger partial charge is 0.269 e. The number of nitrogens with one attached hydrogen (secondary N) is 1. The number of rotatable bonds is 5. The summed E-state index contributed by atoms with van der Waals surface area (Å²) < 4.78 is 5.75. The van der Waals surface area contributed by atoms with Gasteiger partial charge in [0.25, 0.3) is 11.8 Å². The largest absolute Gasteiger partial charge is 0.457 e. The number of hydrogen-bond donors (Lipinski definition) is 1. The number of hydrazine groups is 1. The van der Waals surface area contributed by atoms with E-state index in [0.29, 0.717) is 22.7 Å². The van der Waals surface area contributed by atoms with Crippen molar-refractivity contribution in [3.8, 4) is 11.5 Å². The van der Waals surface area contributed by atoms with Crippen molar-refractivity contribution in [1.29, 1.82) is 0 Å². The molecule has 0 radical (unpaired) electrons. The molecule has 34 heavy (non-hydrogen) atoms. The molecular formula is C26H23N3O5. The lowest BCUT2D eigenvalue weighted by atomic mass is 10.1. The minimum atomic E-state index is -1.14. The highest BCUT2D eigenvalue weighted by atomic mass is 16.5. The van der Waals surface area contributed by atoms with Crippen molar-refractivity contribution >= 4 is 29.3 Å². The predicted molar refractivity (Wildman–Crippen MR) is 125 cm³/mol. The zero-order valence-electron chi connectivity index (χ0n) is 18.7. The van der Waals surface area contributed by atoms with E-state index in [0.717, 1.165) is 15.5 Å². The van der Waals surface area contributed by atoms with Crippen molar-refractivity contribution in [2.24, 2.45) is 0 Å². The van der Waals surface area contributed by atoms with Gasteiger partial charge in [-0.3, -0.25) is 24.6 Å². The molecule has 3 aromatic rings. The highest BCUT2D eigenvalue weighted by Crippen LogP contribution is 2.29. The Morgan fingerprint density at radius 3 is 2.26 bits per heavy atom. The molecule has 8 nitrogen and oxygen atoms in total. The number of ether oxygens (including phenoxy) is 1. The van der Waals surface area contributed by atoms with Crippen LogP contribution in [0.2, 0.25) is 0 Å². The first-order valence-corrected chi connectivity index (χ1v) is 10.7. The van der Waals surface area contributed by atoms with Crippen LogP contribution >= 0.6 is 0 Å². The van der Waals surface area contributed by atoms with E-state index in [2.05, 4.69) is 5.43 Å². The van der Waals surface area contributed by atoms with E-state index in [1.165, 1.54) is 6.92 Å². The van der Waals surface area contributed by atoms with Crippen LogP contribution in [0, 0.1) is 6.92 Å². The molecule has 1 heterocycles. The van der Waals surface area contributed by atoms with Crippen LogP contribution in [0.15, 0.2) is 78.9 Å². The number of para-hydroxylation sites is 1. The van der Waals surface area contributed by atoms with E-state index < -0.39 is 29.7 Å². The second-order valence-electron chi connectivity index (χ2n) is 7.90. The Morgan fingerprint density at radius 1 is 0.941 bits per heavy atom. The van der Waals surface area contributed by atoms with E-state index in [1.54, 1.807) is 42.5 Å². The number of nitrogens with zero attached hydrogens (tertiary/aromatic N) is 2. The summed E-state index contributed by atoms with van der Waals surface area (Å²) in [4.78, 5) is 51.8. The number of carbonyl (C=O) groups excluding carboxylic acids is 4. The van der Waals surface area contributed by atoms with E-state index >= 15 is 0 Å². The number of aryl methyl sites for hydroxylation is 1.